The number of nitrogens with one attached hydrogen (secondary N) is 2. The van der Waals surface area contributed by atoms with E-state index >= 15 is 0 Å². The van der Waals surface area contributed by atoms with Crippen molar-refractivity contribution >= 4 is 16.9 Å². The molecule has 0 spiro atoms. The van der Waals surface area contributed by atoms with Gasteiger partial charge in [-0.15, -0.1) is 0 Å². The van der Waals surface area contributed by atoms with Crippen molar-refractivity contribution in [3.05, 3.63) is 29.5 Å². The van der Waals surface area contributed by atoms with Gasteiger partial charge in [-0.05, 0) is 52.3 Å². The molecule has 1 aromatic carbocycles. The number of hydrogen-bond donors (Lipinski definition) is 3. The minimum Gasteiger partial charge on any atom is -0.490 e. The standard InChI is InChI=1S/C19H28N2O4/c1-6-24-18(23)17-12(2)16-14(21-17)8-7-9-15(16)25-11-13(22)10-20-19(3,4)5/h7-9,13,20-22H,6,10-11H2,1-5H3. The third-order valence-electron chi connectivity index (χ3n) is 3.81. The highest BCUT2D eigenvalue weighted by atomic mass is 16.5. The van der Waals surface area contributed by atoms with Crippen molar-refractivity contribution in [1.82, 2.24) is 10.3 Å². The second-order valence-electron chi connectivity index (χ2n) is 7.12. The van der Waals surface area contributed by atoms with Gasteiger partial charge in [-0.2, -0.15) is 0 Å². The first-order chi connectivity index (χ1) is 11.7. The van der Waals surface area contributed by atoms with Gasteiger partial charge in [0.05, 0.1) is 12.1 Å². The van der Waals surface area contributed by atoms with Gasteiger partial charge < -0.3 is 24.9 Å². The molecule has 1 heterocycles. The number of aliphatic hydroxyl groups is 1. The number of H-pyrrole nitrogens is 1. The highest BCUT2D eigenvalue weighted by Crippen LogP contribution is 2.31. The summed E-state index contributed by atoms with van der Waals surface area (Å²) in [7, 11) is 0. The van der Waals surface area contributed by atoms with Crippen molar-refractivity contribution in [2.24, 2.45) is 0 Å². The van der Waals surface area contributed by atoms with E-state index in [1.165, 1.54) is 0 Å². The smallest absolute Gasteiger partial charge is 0.355 e. The number of benzene rings is 1. The van der Waals surface area contributed by atoms with Crippen LogP contribution >= 0.6 is 0 Å². The Kier molecular flexibility index (Phi) is 6.08. The lowest BCUT2D eigenvalue weighted by Gasteiger charge is -2.23. The highest BCUT2D eigenvalue weighted by Gasteiger charge is 2.19. The lowest BCUT2D eigenvalue weighted by molar-refractivity contribution is 0.0519. The monoisotopic (exact) mass is 348 g/mol. The number of carbonyl (C=O) groups is 1. The molecule has 0 saturated heterocycles. The van der Waals surface area contributed by atoms with E-state index in [1.54, 1.807) is 6.92 Å². The number of esters is 1. The molecule has 25 heavy (non-hydrogen) atoms. The fourth-order valence-corrected chi connectivity index (χ4v) is 2.57. The van der Waals surface area contributed by atoms with Crippen LogP contribution in [0.5, 0.6) is 5.75 Å². The summed E-state index contributed by atoms with van der Waals surface area (Å²) in [5.41, 5.74) is 1.96. The molecule has 0 bridgehead atoms. The maximum atomic E-state index is 12.0. The first-order valence-corrected chi connectivity index (χ1v) is 8.57. The number of aromatic nitrogens is 1. The molecule has 0 aliphatic carbocycles. The second-order valence-corrected chi connectivity index (χ2v) is 7.12. The average molecular weight is 348 g/mol. The summed E-state index contributed by atoms with van der Waals surface area (Å²) >= 11 is 0. The number of hydrogen-bond acceptors (Lipinski definition) is 5. The van der Waals surface area contributed by atoms with E-state index in [0.29, 0.717) is 24.6 Å². The maximum Gasteiger partial charge on any atom is 0.355 e. The van der Waals surface area contributed by atoms with Gasteiger partial charge in [0.25, 0.3) is 0 Å². The third-order valence-corrected chi connectivity index (χ3v) is 3.81. The Morgan fingerprint density at radius 3 is 2.72 bits per heavy atom. The maximum absolute atomic E-state index is 12.0. The summed E-state index contributed by atoms with van der Waals surface area (Å²) in [5, 5.41) is 14.2. The van der Waals surface area contributed by atoms with Gasteiger partial charge in [0, 0.05) is 17.5 Å². The molecule has 2 rings (SSSR count). The molecule has 0 aliphatic rings. The molecule has 138 valence electrons. The quantitative estimate of drug-likeness (QED) is 0.670. The van der Waals surface area contributed by atoms with E-state index in [1.807, 2.05) is 45.9 Å². The van der Waals surface area contributed by atoms with Crippen LogP contribution in [0.3, 0.4) is 0 Å². The van der Waals surface area contributed by atoms with Crippen molar-refractivity contribution in [2.45, 2.75) is 46.3 Å². The highest BCUT2D eigenvalue weighted by molar-refractivity contribution is 6.00. The van der Waals surface area contributed by atoms with E-state index in [9.17, 15) is 9.90 Å². The van der Waals surface area contributed by atoms with Crippen molar-refractivity contribution in [2.75, 3.05) is 19.8 Å². The fourth-order valence-electron chi connectivity index (χ4n) is 2.57. The molecular formula is C19H28N2O4. The Bertz CT molecular complexity index is 731. The molecular weight excluding hydrogens is 320 g/mol. The summed E-state index contributed by atoms with van der Waals surface area (Å²) < 4.78 is 10.9. The number of aryl methyl sites for hydroxylation is 1. The van der Waals surface area contributed by atoms with Gasteiger partial charge in [0.1, 0.15) is 24.2 Å². The Hall–Kier alpha value is -2.05. The van der Waals surface area contributed by atoms with Crippen molar-refractivity contribution in [3.63, 3.8) is 0 Å². The van der Waals surface area contributed by atoms with Crippen LogP contribution in [-0.4, -0.2) is 47.5 Å². The lowest BCUT2D eigenvalue weighted by atomic mass is 10.1. The Morgan fingerprint density at radius 2 is 2.08 bits per heavy atom. The van der Waals surface area contributed by atoms with E-state index < -0.39 is 6.10 Å². The number of aliphatic hydroxyl groups excluding tert-OH is 1. The Labute approximate surface area is 148 Å². The van der Waals surface area contributed by atoms with E-state index in [-0.39, 0.29) is 18.1 Å². The van der Waals surface area contributed by atoms with Gasteiger partial charge in [-0.3, -0.25) is 0 Å². The number of aromatic amines is 1. The number of β-amino-alcohol motifs (C(OH)–C–C–N with tert-alkyl or cyclic N) is 1. The normalized spacial score (nSPS) is 13.0. The zero-order chi connectivity index (χ0) is 18.6. The fraction of sp³-hybridized carbons (Fsp3) is 0.526. The van der Waals surface area contributed by atoms with Crippen LogP contribution in [0.4, 0.5) is 0 Å². The number of rotatable bonds is 7. The molecule has 1 unspecified atom stereocenters. The minimum absolute atomic E-state index is 0.0627. The number of fused-ring (bicyclic) bond motifs is 1. The zero-order valence-electron chi connectivity index (χ0n) is 15.6. The average Bonchev–Trinajstić information content (AvgIpc) is 2.88. The molecule has 0 fully saturated rings. The van der Waals surface area contributed by atoms with Gasteiger partial charge in [0.2, 0.25) is 0 Å². The second kappa shape index (κ2) is 7.89. The van der Waals surface area contributed by atoms with Crippen LogP contribution in [0.25, 0.3) is 10.9 Å². The van der Waals surface area contributed by atoms with Crippen LogP contribution in [0.2, 0.25) is 0 Å². The van der Waals surface area contributed by atoms with Crippen molar-refractivity contribution < 1.29 is 19.4 Å². The van der Waals surface area contributed by atoms with Crippen LogP contribution in [-0.2, 0) is 4.74 Å². The van der Waals surface area contributed by atoms with Crippen LogP contribution in [0.15, 0.2) is 18.2 Å². The summed E-state index contributed by atoms with van der Waals surface area (Å²) in [4.78, 5) is 15.1. The van der Waals surface area contributed by atoms with Crippen molar-refractivity contribution in [1.29, 1.82) is 0 Å². The van der Waals surface area contributed by atoms with Crippen molar-refractivity contribution in [3.8, 4) is 5.75 Å². The molecule has 0 aliphatic heterocycles. The molecule has 3 N–H and O–H groups in total. The van der Waals surface area contributed by atoms with Gasteiger partial charge >= 0.3 is 5.97 Å². The summed E-state index contributed by atoms with van der Waals surface area (Å²) in [6.45, 7) is 10.7. The molecule has 1 aromatic heterocycles. The summed E-state index contributed by atoms with van der Waals surface area (Å²) in [5.74, 6) is 0.258. The Morgan fingerprint density at radius 1 is 1.36 bits per heavy atom. The zero-order valence-corrected chi connectivity index (χ0v) is 15.6. The molecule has 6 nitrogen and oxygen atoms in total. The number of carbonyl (C=O) groups excluding carboxylic acids is 1. The van der Waals surface area contributed by atoms with Crippen LogP contribution < -0.4 is 10.1 Å². The lowest BCUT2D eigenvalue weighted by Crippen LogP contribution is -2.42. The predicted octanol–water partition coefficient (Wildman–Crippen LogP) is 2.78. The van der Waals surface area contributed by atoms with Gasteiger partial charge in [-0.1, -0.05) is 6.07 Å². The molecule has 1 atom stereocenters. The van der Waals surface area contributed by atoms with Crippen LogP contribution in [0, 0.1) is 6.92 Å². The Balaban J connectivity index is 2.15. The molecule has 6 heteroatoms. The summed E-state index contributed by atoms with van der Waals surface area (Å²) in [6.07, 6.45) is -0.627. The largest absolute Gasteiger partial charge is 0.490 e. The molecule has 0 amide bonds. The molecule has 2 aromatic rings. The van der Waals surface area contributed by atoms with E-state index in [2.05, 4.69) is 10.3 Å². The number of ether oxygens (including phenoxy) is 2. The topological polar surface area (TPSA) is 83.6 Å². The molecule has 0 saturated carbocycles. The summed E-state index contributed by atoms with van der Waals surface area (Å²) in [6, 6.07) is 5.57. The SMILES string of the molecule is CCOC(=O)c1[nH]c2cccc(OCC(O)CNC(C)(C)C)c2c1C. The van der Waals surface area contributed by atoms with Gasteiger partial charge in [0.15, 0.2) is 0 Å². The predicted molar refractivity (Wildman–Crippen MR) is 98.2 cm³/mol. The van der Waals surface area contributed by atoms with E-state index in [0.717, 1.165) is 16.5 Å². The first-order valence-electron chi connectivity index (χ1n) is 8.57. The van der Waals surface area contributed by atoms with Gasteiger partial charge in [-0.25, -0.2) is 4.79 Å². The van der Waals surface area contributed by atoms with Crippen LogP contribution in [0.1, 0.15) is 43.7 Å². The first kappa shape index (κ1) is 19.3. The van der Waals surface area contributed by atoms with E-state index in [4.69, 9.17) is 9.47 Å². The third kappa shape index (κ3) is 4.96. The molecule has 0 radical (unpaired) electrons. The minimum atomic E-state index is -0.627.